The van der Waals surface area contributed by atoms with Gasteiger partial charge in [0.05, 0.1) is 4.91 Å². The van der Waals surface area contributed by atoms with Crippen molar-refractivity contribution in [2.75, 3.05) is 0 Å². The summed E-state index contributed by atoms with van der Waals surface area (Å²) in [5.41, 5.74) is 1.66. The van der Waals surface area contributed by atoms with Gasteiger partial charge in [0.1, 0.15) is 5.75 Å². The predicted octanol–water partition coefficient (Wildman–Crippen LogP) is 3.63. The van der Waals surface area contributed by atoms with Crippen molar-refractivity contribution in [1.82, 2.24) is 9.47 Å². The molecule has 1 aromatic carbocycles. The molecule has 1 aliphatic rings. The number of benzene rings is 1. The van der Waals surface area contributed by atoms with Crippen LogP contribution >= 0.6 is 11.8 Å². The van der Waals surface area contributed by atoms with Crippen molar-refractivity contribution in [3.05, 3.63) is 53.2 Å². The number of imide groups is 1. The number of aromatic nitrogens is 1. The summed E-state index contributed by atoms with van der Waals surface area (Å²) in [4.78, 5) is 26.0. The fourth-order valence-corrected chi connectivity index (χ4v) is 3.36. The lowest BCUT2D eigenvalue weighted by Crippen LogP contribution is -2.34. The van der Waals surface area contributed by atoms with E-state index in [1.165, 1.54) is 4.90 Å². The van der Waals surface area contributed by atoms with E-state index < -0.39 is 0 Å². The number of thioether (sulfide) groups is 1. The van der Waals surface area contributed by atoms with Crippen LogP contribution in [0, 0.1) is 0 Å². The number of carbonyl (C=O) groups is 2. The second-order valence-electron chi connectivity index (χ2n) is 5.46. The van der Waals surface area contributed by atoms with Gasteiger partial charge in [-0.15, -0.1) is 0 Å². The first-order valence-corrected chi connectivity index (χ1v) is 8.03. The Hall–Kier alpha value is -2.47. The molecular formula is C17H16N2O3S. The summed E-state index contributed by atoms with van der Waals surface area (Å²) in [6, 6.07) is 10.4. The van der Waals surface area contributed by atoms with Gasteiger partial charge in [-0.1, -0.05) is 0 Å². The largest absolute Gasteiger partial charge is 0.508 e. The van der Waals surface area contributed by atoms with Crippen LogP contribution in [0.15, 0.2) is 47.5 Å². The maximum Gasteiger partial charge on any atom is 0.293 e. The Morgan fingerprint density at radius 2 is 1.83 bits per heavy atom. The monoisotopic (exact) mass is 328 g/mol. The second-order valence-corrected chi connectivity index (χ2v) is 6.46. The van der Waals surface area contributed by atoms with E-state index in [0.717, 1.165) is 23.1 Å². The lowest BCUT2D eigenvalue weighted by Gasteiger charge is -2.16. The van der Waals surface area contributed by atoms with Gasteiger partial charge in [0.2, 0.25) is 0 Å². The van der Waals surface area contributed by atoms with Gasteiger partial charge >= 0.3 is 0 Å². The third-order valence-corrected chi connectivity index (χ3v) is 4.41. The maximum absolute atomic E-state index is 12.3. The number of aromatic hydroxyl groups is 1. The molecule has 1 aromatic heterocycles. The van der Waals surface area contributed by atoms with Crippen molar-refractivity contribution in [3.8, 4) is 11.4 Å². The van der Waals surface area contributed by atoms with Crippen LogP contribution in [0.4, 0.5) is 4.79 Å². The van der Waals surface area contributed by atoms with Crippen molar-refractivity contribution in [2.24, 2.45) is 0 Å². The zero-order chi connectivity index (χ0) is 16.6. The highest BCUT2D eigenvalue weighted by Gasteiger charge is 2.36. The van der Waals surface area contributed by atoms with E-state index in [4.69, 9.17) is 0 Å². The van der Waals surface area contributed by atoms with E-state index in [2.05, 4.69) is 0 Å². The smallest absolute Gasteiger partial charge is 0.293 e. The highest BCUT2D eigenvalue weighted by atomic mass is 32.2. The normalized spacial score (nSPS) is 16.8. The van der Waals surface area contributed by atoms with Crippen LogP contribution in [-0.2, 0) is 4.79 Å². The number of phenolic OH excluding ortho intramolecular Hbond substituents is 1. The van der Waals surface area contributed by atoms with Crippen LogP contribution in [0.2, 0.25) is 0 Å². The molecule has 0 saturated carbocycles. The molecule has 23 heavy (non-hydrogen) atoms. The standard InChI is InChI=1S/C17H16N2O3S/c1-11(2)19-16(21)15(23-17(19)22)10-13-4-3-9-18(13)12-5-7-14(20)8-6-12/h3-11,20H,1-2H3/b15-10-. The Balaban J connectivity index is 1.96. The third kappa shape index (κ3) is 2.90. The molecule has 5 nitrogen and oxygen atoms in total. The number of nitrogens with zero attached hydrogens (tertiary/aromatic N) is 2. The van der Waals surface area contributed by atoms with Gasteiger partial charge in [0, 0.05) is 23.6 Å². The summed E-state index contributed by atoms with van der Waals surface area (Å²) in [6.07, 6.45) is 3.59. The maximum atomic E-state index is 12.3. The molecule has 3 rings (SSSR count). The van der Waals surface area contributed by atoms with Crippen LogP contribution in [0.1, 0.15) is 19.5 Å². The molecule has 1 N–H and O–H groups in total. The summed E-state index contributed by atoms with van der Waals surface area (Å²) in [7, 11) is 0. The Labute approximate surface area is 138 Å². The lowest BCUT2D eigenvalue weighted by molar-refractivity contribution is -0.123. The van der Waals surface area contributed by atoms with Crippen LogP contribution in [0.5, 0.6) is 5.75 Å². The number of hydrogen-bond donors (Lipinski definition) is 1. The SMILES string of the molecule is CC(C)N1C(=O)S/C(=C\c2cccn2-c2ccc(O)cc2)C1=O. The topological polar surface area (TPSA) is 62.5 Å². The van der Waals surface area contributed by atoms with E-state index in [-0.39, 0.29) is 22.9 Å². The Kier molecular flexibility index (Phi) is 4.00. The van der Waals surface area contributed by atoms with Crippen molar-refractivity contribution in [2.45, 2.75) is 19.9 Å². The van der Waals surface area contributed by atoms with Gasteiger partial charge in [-0.25, -0.2) is 0 Å². The summed E-state index contributed by atoms with van der Waals surface area (Å²) in [5.74, 6) is -0.0611. The minimum Gasteiger partial charge on any atom is -0.508 e. The molecule has 6 heteroatoms. The van der Waals surface area contributed by atoms with Crippen LogP contribution in [0.3, 0.4) is 0 Å². The molecule has 0 bridgehead atoms. The predicted molar refractivity (Wildman–Crippen MR) is 90.4 cm³/mol. The Morgan fingerprint density at radius 3 is 2.43 bits per heavy atom. The van der Waals surface area contributed by atoms with Gasteiger partial charge < -0.3 is 9.67 Å². The molecule has 1 saturated heterocycles. The van der Waals surface area contributed by atoms with Crippen molar-refractivity contribution >= 4 is 29.0 Å². The Bertz CT molecular complexity index is 790. The van der Waals surface area contributed by atoms with Gasteiger partial charge in [0.15, 0.2) is 0 Å². The molecule has 1 aliphatic heterocycles. The minimum atomic E-state index is -0.256. The van der Waals surface area contributed by atoms with E-state index in [0.29, 0.717) is 4.91 Å². The zero-order valence-corrected chi connectivity index (χ0v) is 13.6. The van der Waals surface area contributed by atoms with Gasteiger partial charge in [-0.3, -0.25) is 14.5 Å². The molecular weight excluding hydrogens is 312 g/mol. The molecule has 0 aliphatic carbocycles. The fraction of sp³-hybridized carbons (Fsp3) is 0.176. The van der Waals surface area contributed by atoms with E-state index in [9.17, 15) is 14.7 Å². The summed E-state index contributed by atoms with van der Waals surface area (Å²) >= 11 is 0.960. The molecule has 0 radical (unpaired) electrons. The van der Waals surface area contributed by atoms with Crippen LogP contribution in [-0.4, -0.2) is 31.8 Å². The number of hydrogen-bond acceptors (Lipinski definition) is 4. The summed E-state index contributed by atoms with van der Waals surface area (Å²) in [5, 5.41) is 9.15. The molecule has 0 atom stereocenters. The van der Waals surface area contributed by atoms with E-state index in [1.54, 1.807) is 30.3 Å². The fourth-order valence-electron chi connectivity index (χ4n) is 2.42. The van der Waals surface area contributed by atoms with Gasteiger partial charge in [-0.2, -0.15) is 0 Å². The number of phenols is 1. The van der Waals surface area contributed by atoms with Crippen LogP contribution in [0.25, 0.3) is 11.8 Å². The molecule has 2 aromatic rings. The minimum absolute atomic E-state index is 0.155. The third-order valence-electron chi connectivity index (χ3n) is 3.53. The van der Waals surface area contributed by atoms with E-state index >= 15 is 0 Å². The highest BCUT2D eigenvalue weighted by Crippen LogP contribution is 2.33. The summed E-state index contributed by atoms with van der Waals surface area (Å²) in [6.45, 7) is 3.64. The first-order valence-electron chi connectivity index (χ1n) is 7.21. The number of carbonyl (C=O) groups excluding carboxylic acids is 2. The molecule has 2 amide bonds. The lowest BCUT2D eigenvalue weighted by atomic mass is 10.2. The van der Waals surface area contributed by atoms with Gasteiger partial charge in [-0.05, 0) is 68.1 Å². The molecule has 2 heterocycles. The molecule has 0 spiro atoms. The summed E-state index contributed by atoms with van der Waals surface area (Å²) < 4.78 is 1.89. The van der Waals surface area contributed by atoms with Crippen LogP contribution < -0.4 is 0 Å². The van der Waals surface area contributed by atoms with E-state index in [1.807, 2.05) is 36.7 Å². The quantitative estimate of drug-likeness (QED) is 0.874. The Morgan fingerprint density at radius 1 is 1.13 bits per heavy atom. The van der Waals surface area contributed by atoms with Gasteiger partial charge in [0.25, 0.3) is 11.1 Å². The molecule has 0 unspecified atom stereocenters. The number of rotatable bonds is 3. The molecule has 118 valence electrons. The number of amides is 2. The van der Waals surface area contributed by atoms with Crippen molar-refractivity contribution < 1.29 is 14.7 Å². The molecule has 1 fully saturated rings. The van der Waals surface area contributed by atoms with Crippen molar-refractivity contribution in [3.63, 3.8) is 0 Å². The second kappa shape index (κ2) is 5.96. The average Bonchev–Trinajstić information content (AvgIpc) is 3.05. The first-order chi connectivity index (χ1) is 11.0. The average molecular weight is 328 g/mol. The van der Waals surface area contributed by atoms with Crippen molar-refractivity contribution in [1.29, 1.82) is 0 Å². The zero-order valence-electron chi connectivity index (χ0n) is 12.8. The highest BCUT2D eigenvalue weighted by molar-refractivity contribution is 8.18. The first kappa shape index (κ1) is 15.4.